The molecular formula is C18H16F3N3O3S. The molecule has 3 N–H and O–H groups in total. The number of benzene rings is 2. The third-order valence-corrected chi connectivity index (χ3v) is 4.92. The molecular weight excluding hydrogens is 395 g/mol. The lowest BCUT2D eigenvalue weighted by atomic mass is 9.98. The first-order valence-electron chi connectivity index (χ1n) is 8.14. The molecule has 10 heteroatoms. The number of hydrogen-bond acceptors (Lipinski definition) is 4. The Bertz CT molecular complexity index is 1090. The van der Waals surface area contributed by atoms with E-state index in [1.165, 1.54) is 48.5 Å². The number of aromatic nitrogens is 2. The molecule has 0 aliphatic carbocycles. The zero-order valence-corrected chi connectivity index (χ0v) is 15.4. The molecule has 1 aromatic heterocycles. The van der Waals surface area contributed by atoms with Crippen LogP contribution in [-0.4, -0.2) is 25.2 Å². The maximum absolute atomic E-state index is 13.6. The number of nitrogens with one attached hydrogen (secondary N) is 1. The molecule has 0 fully saturated rings. The molecule has 0 saturated carbocycles. The molecule has 0 saturated heterocycles. The SMILES string of the molecule is CCOc1ccc(-c2c(-c3ccccc3S(N)(=O)=O)n[nH]c2C(F)(F)F)cc1. The summed E-state index contributed by atoms with van der Waals surface area (Å²) in [6.07, 6.45) is -4.73. The summed E-state index contributed by atoms with van der Waals surface area (Å²) in [6, 6.07) is 11.5. The monoisotopic (exact) mass is 411 g/mol. The molecule has 0 aliphatic rings. The fraction of sp³-hybridized carbons (Fsp3) is 0.167. The van der Waals surface area contributed by atoms with Crippen molar-refractivity contribution in [2.24, 2.45) is 5.14 Å². The molecule has 3 aromatic rings. The number of hydrogen-bond donors (Lipinski definition) is 2. The van der Waals surface area contributed by atoms with Crippen molar-refractivity contribution in [3.8, 4) is 28.1 Å². The zero-order chi connectivity index (χ0) is 20.5. The Morgan fingerprint density at radius 3 is 2.32 bits per heavy atom. The van der Waals surface area contributed by atoms with Crippen LogP contribution in [0.3, 0.4) is 0 Å². The van der Waals surface area contributed by atoms with Crippen LogP contribution in [0.15, 0.2) is 53.4 Å². The fourth-order valence-corrected chi connectivity index (χ4v) is 3.56. The van der Waals surface area contributed by atoms with Crippen molar-refractivity contribution in [1.29, 1.82) is 0 Å². The van der Waals surface area contributed by atoms with E-state index >= 15 is 0 Å². The molecule has 3 rings (SSSR count). The van der Waals surface area contributed by atoms with E-state index in [1.807, 2.05) is 5.10 Å². The quantitative estimate of drug-likeness (QED) is 0.667. The summed E-state index contributed by atoms with van der Waals surface area (Å²) in [4.78, 5) is -0.317. The highest BCUT2D eigenvalue weighted by Gasteiger charge is 2.38. The van der Waals surface area contributed by atoms with Gasteiger partial charge in [0.25, 0.3) is 0 Å². The maximum atomic E-state index is 13.6. The van der Waals surface area contributed by atoms with E-state index in [9.17, 15) is 21.6 Å². The Morgan fingerprint density at radius 2 is 1.75 bits per heavy atom. The van der Waals surface area contributed by atoms with Gasteiger partial charge in [-0.25, -0.2) is 13.6 Å². The minimum Gasteiger partial charge on any atom is -0.494 e. The zero-order valence-electron chi connectivity index (χ0n) is 14.6. The van der Waals surface area contributed by atoms with Gasteiger partial charge in [0.2, 0.25) is 10.0 Å². The number of aromatic amines is 1. The molecule has 0 unspecified atom stereocenters. The Balaban J connectivity index is 2.27. The Labute approximate surface area is 159 Å². The van der Waals surface area contributed by atoms with Crippen LogP contribution in [0.4, 0.5) is 13.2 Å². The van der Waals surface area contributed by atoms with Gasteiger partial charge in [0.05, 0.1) is 11.5 Å². The van der Waals surface area contributed by atoms with Gasteiger partial charge < -0.3 is 4.74 Å². The van der Waals surface area contributed by atoms with Crippen molar-refractivity contribution in [2.75, 3.05) is 6.61 Å². The van der Waals surface area contributed by atoms with Crippen LogP contribution in [0.2, 0.25) is 0 Å². The number of sulfonamides is 1. The number of ether oxygens (including phenoxy) is 1. The van der Waals surface area contributed by atoms with Crippen LogP contribution in [0.1, 0.15) is 12.6 Å². The number of primary sulfonamides is 1. The standard InChI is InChI=1S/C18H16F3N3O3S/c1-2-27-12-9-7-11(8-10-12)15-16(23-24-17(15)18(19,20)21)13-5-3-4-6-14(13)28(22,25)26/h3-10H,2H2,1H3,(H,23,24)(H2,22,25,26). The first-order valence-corrected chi connectivity index (χ1v) is 9.68. The topological polar surface area (TPSA) is 98.1 Å². The molecule has 1 heterocycles. The normalized spacial score (nSPS) is 12.2. The van der Waals surface area contributed by atoms with Gasteiger partial charge in [0.15, 0.2) is 0 Å². The van der Waals surface area contributed by atoms with Gasteiger partial charge in [0.1, 0.15) is 17.1 Å². The van der Waals surface area contributed by atoms with Crippen molar-refractivity contribution >= 4 is 10.0 Å². The van der Waals surface area contributed by atoms with E-state index < -0.39 is 21.9 Å². The lowest BCUT2D eigenvalue weighted by Gasteiger charge is -2.12. The van der Waals surface area contributed by atoms with Gasteiger partial charge in [-0.2, -0.15) is 18.3 Å². The average molecular weight is 411 g/mol. The first-order chi connectivity index (χ1) is 13.1. The lowest BCUT2D eigenvalue weighted by molar-refractivity contribution is -0.140. The molecule has 0 aliphatic heterocycles. The Kier molecular flexibility index (Phi) is 5.18. The number of nitrogens with zero attached hydrogens (tertiary/aromatic N) is 1. The summed E-state index contributed by atoms with van der Waals surface area (Å²) in [5.74, 6) is 0.495. The molecule has 0 bridgehead atoms. The minimum atomic E-state index is -4.73. The van der Waals surface area contributed by atoms with E-state index in [-0.39, 0.29) is 27.3 Å². The first kappa shape index (κ1) is 19.9. The summed E-state index contributed by atoms with van der Waals surface area (Å²) in [5, 5.41) is 11.0. The smallest absolute Gasteiger partial charge is 0.433 e. The van der Waals surface area contributed by atoms with Crippen molar-refractivity contribution in [3.63, 3.8) is 0 Å². The summed E-state index contributed by atoms with van der Waals surface area (Å²) in [6.45, 7) is 2.19. The predicted molar refractivity (Wildman–Crippen MR) is 97.0 cm³/mol. The highest BCUT2D eigenvalue weighted by atomic mass is 32.2. The van der Waals surface area contributed by atoms with Crippen LogP contribution in [-0.2, 0) is 16.2 Å². The van der Waals surface area contributed by atoms with E-state index in [4.69, 9.17) is 9.88 Å². The number of nitrogens with two attached hydrogens (primary N) is 1. The predicted octanol–water partition coefficient (Wildman–Crippen LogP) is 3.81. The summed E-state index contributed by atoms with van der Waals surface area (Å²) in [7, 11) is -4.18. The number of rotatable bonds is 5. The van der Waals surface area contributed by atoms with Gasteiger partial charge in [-0.05, 0) is 30.7 Å². The Hall–Kier alpha value is -2.85. The summed E-state index contributed by atoms with van der Waals surface area (Å²) < 4.78 is 69.8. The van der Waals surface area contributed by atoms with Crippen LogP contribution < -0.4 is 9.88 Å². The second kappa shape index (κ2) is 7.28. The van der Waals surface area contributed by atoms with Gasteiger partial charge >= 0.3 is 6.18 Å². The van der Waals surface area contributed by atoms with Crippen molar-refractivity contribution in [3.05, 3.63) is 54.2 Å². The highest BCUT2D eigenvalue weighted by Crippen LogP contribution is 2.42. The third-order valence-electron chi connectivity index (χ3n) is 3.95. The van der Waals surface area contributed by atoms with Crippen LogP contribution in [0.5, 0.6) is 5.75 Å². The highest BCUT2D eigenvalue weighted by molar-refractivity contribution is 7.89. The van der Waals surface area contributed by atoms with Crippen molar-refractivity contribution in [2.45, 2.75) is 18.0 Å². The summed E-state index contributed by atoms with van der Waals surface area (Å²) >= 11 is 0. The maximum Gasteiger partial charge on any atom is 0.433 e. The molecule has 2 aromatic carbocycles. The Morgan fingerprint density at radius 1 is 1.11 bits per heavy atom. The van der Waals surface area contributed by atoms with E-state index in [1.54, 1.807) is 6.92 Å². The number of halogens is 3. The van der Waals surface area contributed by atoms with Gasteiger partial charge in [-0.1, -0.05) is 30.3 Å². The number of H-pyrrole nitrogens is 1. The molecule has 0 atom stereocenters. The lowest BCUT2D eigenvalue weighted by Crippen LogP contribution is -2.13. The second-order valence-corrected chi connectivity index (χ2v) is 7.35. The van der Waals surface area contributed by atoms with Crippen LogP contribution in [0, 0.1) is 0 Å². The van der Waals surface area contributed by atoms with E-state index in [0.717, 1.165) is 0 Å². The van der Waals surface area contributed by atoms with Gasteiger partial charge in [0, 0.05) is 11.1 Å². The largest absolute Gasteiger partial charge is 0.494 e. The second-order valence-electron chi connectivity index (χ2n) is 5.82. The molecule has 148 valence electrons. The average Bonchev–Trinajstić information content (AvgIpc) is 3.07. The van der Waals surface area contributed by atoms with Crippen LogP contribution >= 0.6 is 0 Å². The molecule has 0 spiro atoms. The van der Waals surface area contributed by atoms with Crippen molar-refractivity contribution in [1.82, 2.24) is 10.2 Å². The fourth-order valence-electron chi connectivity index (χ4n) is 2.82. The van der Waals surface area contributed by atoms with E-state index in [0.29, 0.717) is 12.4 Å². The molecule has 0 radical (unpaired) electrons. The van der Waals surface area contributed by atoms with Crippen LogP contribution in [0.25, 0.3) is 22.4 Å². The van der Waals surface area contributed by atoms with Gasteiger partial charge in [-0.3, -0.25) is 5.10 Å². The minimum absolute atomic E-state index is 0.0272. The summed E-state index contributed by atoms with van der Waals surface area (Å²) in [5.41, 5.74) is -1.35. The molecule has 28 heavy (non-hydrogen) atoms. The number of alkyl halides is 3. The molecule has 0 amide bonds. The van der Waals surface area contributed by atoms with Crippen molar-refractivity contribution < 1.29 is 26.3 Å². The van der Waals surface area contributed by atoms with Gasteiger partial charge in [-0.15, -0.1) is 0 Å². The third kappa shape index (κ3) is 3.87. The molecule has 6 nitrogen and oxygen atoms in total. The van der Waals surface area contributed by atoms with E-state index in [2.05, 4.69) is 5.10 Å².